The average molecular weight is 286 g/mol. The van der Waals surface area contributed by atoms with Gasteiger partial charge in [-0.3, -0.25) is 0 Å². The molecule has 0 aliphatic heterocycles. The molecular weight excluding hydrogens is 273 g/mol. The molecule has 2 N–H and O–H groups in total. The number of rotatable bonds is 3. The van der Waals surface area contributed by atoms with E-state index in [4.69, 9.17) is 28.9 Å². The van der Waals surface area contributed by atoms with Crippen LogP contribution < -0.4 is 5.73 Å². The molecule has 0 radical (unpaired) electrons. The van der Waals surface area contributed by atoms with Crippen LogP contribution in [0.25, 0.3) is 0 Å². The fraction of sp³-hybridized carbons (Fsp3) is 0.231. The summed E-state index contributed by atoms with van der Waals surface area (Å²) >= 11 is 13.5. The molecule has 0 bridgehead atoms. The monoisotopic (exact) mass is 285 g/mol. The summed E-state index contributed by atoms with van der Waals surface area (Å²) in [5, 5.41) is 5.38. The maximum atomic E-state index is 6.19. The number of thiophene rings is 1. The van der Waals surface area contributed by atoms with E-state index in [2.05, 4.69) is 17.7 Å². The van der Waals surface area contributed by atoms with Crippen LogP contribution in [0.3, 0.4) is 0 Å². The quantitative estimate of drug-likeness (QED) is 0.876. The molecule has 0 fully saturated rings. The first-order valence-electron chi connectivity index (χ1n) is 5.30. The molecule has 0 aliphatic carbocycles. The van der Waals surface area contributed by atoms with E-state index in [1.165, 1.54) is 11.1 Å². The van der Waals surface area contributed by atoms with Gasteiger partial charge in [0.25, 0.3) is 0 Å². The lowest BCUT2D eigenvalue weighted by atomic mass is 10.00. The van der Waals surface area contributed by atoms with Crippen LogP contribution in [0.4, 0.5) is 0 Å². The topological polar surface area (TPSA) is 26.0 Å². The van der Waals surface area contributed by atoms with Crippen LogP contribution in [0.5, 0.6) is 0 Å². The second-order valence-electron chi connectivity index (χ2n) is 4.07. The van der Waals surface area contributed by atoms with E-state index < -0.39 is 0 Å². The summed E-state index contributed by atoms with van der Waals surface area (Å²) in [5.41, 5.74) is 9.76. The van der Waals surface area contributed by atoms with Gasteiger partial charge in [0.05, 0.1) is 10.0 Å². The second-order valence-corrected chi connectivity index (χ2v) is 5.63. The normalized spacial score (nSPS) is 12.7. The van der Waals surface area contributed by atoms with Crippen molar-refractivity contribution in [2.45, 2.75) is 19.4 Å². The lowest BCUT2D eigenvalue weighted by Crippen LogP contribution is -2.13. The Labute approximate surface area is 115 Å². The van der Waals surface area contributed by atoms with Gasteiger partial charge >= 0.3 is 0 Å². The largest absolute Gasteiger partial charge is 0.324 e. The van der Waals surface area contributed by atoms with Crippen molar-refractivity contribution in [1.29, 1.82) is 0 Å². The van der Waals surface area contributed by atoms with E-state index in [0.29, 0.717) is 10.0 Å². The summed E-state index contributed by atoms with van der Waals surface area (Å²) in [6, 6.07) is 5.67. The summed E-state index contributed by atoms with van der Waals surface area (Å²) < 4.78 is 0. The SMILES string of the molecule is Cc1cscc1C(N)Cc1ccc(Cl)c(Cl)c1. The molecule has 0 saturated carbocycles. The minimum absolute atomic E-state index is 0.0125. The Kier molecular flexibility index (Phi) is 4.10. The van der Waals surface area contributed by atoms with Crippen LogP contribution in [0.15, 0.2) is 29.0 Å². The average Bonchev–Trinajstić information content (AvgIpc) is 2.70. The Morgan fingerprint density at radius 1 is 1.24 bits per heavy atom. The highest BCUT2D eigenvalue weighted by Gasteiger charge is 2.11. The Morgan fingerprint density at radius 2 is 2.00 bits per heavy atom. The zero-order valence-electron chi connectivity index (χ0n) is 9.41. The molecule has 0 amide bonds. The molecule has 2 aromatic rings. The lowest BCUT2D eigenvalue weighted by molar-refractivity contribution is 0.720. The summed E-state index contributed by atoms with van der Waals surface area (Å²) in [6.07, 6.45) is 0.772. The summed E-state index contributed by atoms with van der Waals surface area (Å²) in [4.78, 5) is 0. The maximum Gasteiger partial charge on any atom is 0.0595 e. The van der Waals surface area contributed by atoms with Gasteiger partial charge in [0.1, 0.15) is 0 Å². The van der Waals surface area contributed by atoms with Crippen LogP contribution in [0.1, 0.15) is 22.7 Å². The van der Waals surface area contributed by atoms with Crippen LogP contribution >= 0.6 is 34.5 Å². The van der Waals surface area contributed by atoms with Gasteiger partial charge in [-0.2, -0.15) is 11.3 Å². The third-order valence-corrected chi connectivity index (χ3v) is 4.35. The van der Waals surface area contributed by atoms with Crippen molar-refractivity contribution < 1.29 is 0 Å². The van der Waals surface area contributed by atoms with E-state index in [1.807, 2.05) is 18.2 Å². The molecule has 1 aromatic carbocycles. The molecular formula is C13H13Cl2NS. The van der Waals surface area contributed by atoms with Crippen LogP contribution in [-0.2, 0) is 6.42 Å². The molecule has 1 atom stereocenters. The van der Waals surface area contributed by atoms with Gasteiger partial charge in [0.2, 0.25) is 0 Å². The van der Waals surface area contributed by atoms with Crippen molar-refractivity contribution in [2.24, 2.45) is 5.73 Å². The third-order valence-electron chi connectivity index (χ3n) is 2.73. The van der Waals surface area contributed by atoms with Gasteiger partial charge < -0.3 is 5.73 Å². The van der Waals surface area contributed by atoms with Crippen molar-refractivity contribution in [3.63, 3.8) is 0 Å². The highest BCUT2D eigenvalue weighted by atomic mass is 35.5. The number of hydrogen-bond donors (Lipinski definition) is 1. The zero-order valence-corrected chi connectivity index (χ0v) is 11.7. The summed E-state index contributed by atoms with van der Waals surface area (Å²) in [6.45, 7) is 2.08. The lowest BCUT2D eigenvalue weighted by Gasteiger charge is -2.12. The molecule has 0 spiro atoms. The molecule has 90 valence electrons. The number of hydrogen-bond acceptors (Lipinski definition) is 2. The van der Waals surface area contributed by atoms with Crippen LogP contribution in [0.2, 0.25) is 10.0 Å². The van der Waals surface area contributed by atoms with Gasteiger partial charge in [-0.25, -0.2) is 0 Å². The molecule has 4 heteroatoms. The minimum atomic E-state index is 0.0125. The fourth-order valence-electron chi connectivity index (χ4n) is 1.78. The number of nitrogens with two attached hydrogens (primary N) is 1. The zero-order chi connectivity index (χ0) is 12.4. The number of benzene rings is 1. The van der Waals surface area contributed by atoms with E-state index in [-0.39, 0.29) is 6.04 Å². The van der Waals surface area contributed by atoms with Crippen molar-refractivity contribution in [3.05, 3.63) is 55.7 Å². The van der Waals surface area contributed by atoms with Gasteiger partial charge in [0.15, 0.2) is 0 Å². The molecule has 1 nitrogen and oxygen atoms in total. The molecule has 17 heavy (non-hydrogen) atoms. The Hall–Kier alpha value is -0.540. The Bertz CT molecular complexity index is 522. The van der Waals surface area contributed by atoms with E-state index in [9.17, 15) is 0 Å². The van der Waals surface area contributed by atoms with Crippen molar-refractivity contribution in [2.75, 3.05) is 0 Å². The standard InChI is InChI=1S/C13H13Cl2NS/c1-8-6-17-7-10(8)13(16)5-9-2-3-11(14)12(15)4-9/h2-4,6-7,13H,5,16H2,1H3. The van der Waals surface area contributed by atoms with Gasteiger partial charge in [-0.1, -0.05) is 29.3 Å². The van der Waals surface area contributed by atoms with E-state index in [1.54, 1.807) is 11.3 Å². The fourth-order valence-corrected chi connectivity index (χ4v) is 3.02. The molecule has 2 rings (SSSR count). The van der Waals surface area contributed by atoms with Crippen molar-refractivity contribution in [1.82, 2.24) is 0 Å². The molecule has 1 unspecified atom stereocenters. The molecule has 0 aliphatic rings. The highest BCUT2D eigenvalue weighted by Crippen LogP contribution is 2.27. The minimum Gasteiger partial charge on any atom is -0.324 e. The predicted molar refractivity (Wildman–Crippen MR) is 76.2 cm³/mol. The van der Waals surface area contributed by atoms with Crippen LogP contribution in [0, 0.1) is 6.92 Å². The van der Waals surface area contributed by atoms with Crippen molar-refractivity contribution in [3.8, 4) is 0 Å². The summed E-state index contributed by atoms with van der Waals surface area (Å²) in [7, 11) is 0. The Morgan fingerprint density at radius 3 is 2.59 bits per heavy atom. The van der Waals surface area contributed by atoms with Gasteiger partial charge in [-0.05, 0) is 52.9 Å². The first-order valence-corrected chi connectivity index (χ1v) is 7.00. The summed E-state index contributed by atoms with van der Waals surface area (Å²) in [5.74, 6) is 0. The number of aryl methyl sites for hydroxylation is 1. The van der Waals surface area contributed by atoms with Gasteiger partial charge in [-0.15, -0.1) is 0 Å². The second kappa shape index (κ2) is 5.40. The molecule has 1 heterocycles. The van der Waals surface area contributed by atoms with E-state index >= 15 is 0 Å². The Balaban J connectivity index is 2.16. The van der Waals surface area contributed by atoms with Crippen molar-refractivity contribution >= 4 is 34.5 Å². The first kappa shape index (κ1) is 12.9. The molecule has 0 saturated heterocycles. The number of halogens is 2. The molecule has 1 aromatic heterocycles. The smallest absolute Gasteiger partial charge is 0.0595 e. The first-order chi connectivity index (χ1) is 8.08. The maximum absolute atomic E-state index is 6.19. The predicted octanol–water partition coefficient (Wildman–Crippen LogP) is 4.61. The van der Waals surface area contributed by atoms with Gasteiger partial charge in [0, 0.05) is 6.04 Å². The van der Waals surface area contributed by atoms with Crippen LogP contribution in [-0.4, -0.2) is 0 Å². The highest BCUT2D eigenvalue weighted by molar-refractivity contribution is 7.08. The van der Waals surface area contributed by atoms with E-state index in [0.717, 1.165) is 12.0 Å². The third kappa shape index (κ3) is 3.02.